The van der Waals surface area contributed by atoms with Gasteiger partial charge in [-0.05, 0) is 23.8 Å². The molecule has 0 radical (unpaired) electrons. The highest BCUT2D eigenvalue weighted by molar-refractivity contribution is 7.89. The molecule has 0 fully saturated rings. The Hall–Kier alpha value is -1.60. The van der Waals surface area contributed by atoms with Gasteiger partial charge < -0.3 is 5.32 Å². The predicted octanol–water partition coefficient (Wildman–Crippen LogP) is 2.63. The van der Waals surface area contributed by atoms with Crippen LogP contribution in [0.25, 0.3) is 0 Å². The van der Waals surface area contributed by atoms with Crippen molar-refractivity contribution >= 4 is 39.1 Å². The first kappa shape index (κ1) is 18.7. The minimum atomic E-state index is -3.70. The third-order valence-electron chi connectivity index (χ3n) is 3.15. The zero-order chi connectivity index (χ0) is 17.6. The van der Waals surface area contributed by atoms with Crippen LogP contribution in [0, 0.1) is 0 Å². The van der Waals surface area contributed by atoms with Crippen molar-refractivity contribution in [1.82, 2.24) is 10.0 Å². The molecule has 0 aromatic heterocycles. The number of rotatable bonds is 7. The summed E-state index contributed by atoms with van der Waals surface area (Å²) in [4.78, 5) is 11.8. The van der Waals surface area contributed by atoms with E-state index in [2.05, 4.69) is 10.0 Å². The standard InChI is InChI=1S/C16H16Cl2N2O3S/c17-14-7-6-13(11-15(14)18)24(22,23)20-9-8-19-16(21)10-12-4-2-1-3-5-12/h1-7,11,20H,8-10H2,(H,19,21). The summed E-state index contributed by atoms with van der Waals surface area (Å²) in [6.07, 6.45) is 0.250. The average molecular weight is 387 g/mol. The number of benzene rings is 2. The van der Waals surface area contributed by atoms with Gasteiger partial charge in [0.2, 0.25) is 15.9 Å². The maximum atomic E-state index is 12.1. The number of amides is 1. The zero-order valence-corrected chi connectivity index (χ0v) is 15.0. The lowest BCUT2D eigenvalue weighted by molar-refractivity contribution is -0.120. The molecular weight excluding hydrogens is 371 g/mol. The van der Waals surface area contributed by atoms with Crippen LogP contribution >= 0.6 is 23.2 Å². The third-order valence-corrected chi connectivity index (χ3v) is 5.35. The Kier molecular flexibility index (Phi) is 6.62. The number of nitrogens with one attached hydrogen (secondary N) is 2. The first-order valence-corrected chi connectivity index (χ1v) is 9.38. The third kappa shape index (κ3) is 5.49. The molecule has 2 rings (SSSR count). The first-order valence-electron chi connectivity index (χ1n) is 7.14. The highest BCUT2D eigenvalue weighted by Gasteiger charge is 2.15. The second-order valence-corrected chi connectivity index (χ2v) is 7.57. The second-order valence-electron chi connectivity index (χ2n) is 4.99. The highest BCUT2D eigenvalue weighted by Crippen LogP contribution is 2.24. The van der Waals surface area contributed by atoms with Gasteiger partial charge in [-0.1, -0.05) is 53.5 Å². The molecule has 5 nitrogen and oxygen atoms in total. The van der Waals surface area contributed by atoms with Gasteiger partial charge >= 0.3 is 0 Å². The molecule has 0 aliphatic heterocycles. The van der Waals surface area contributed by atoms with E-state index in [0.29, 0.717) is 0 Å². The summed E-state index contributed by atoms with van der Waals surface area (Å²) in [6, 6.07) is 13.4. The van der Waals surface area contributed by atoms with Gasteiger partial charge in [0.25, 0.3) is 0 Å². The summed E-state index contributed by atoms with van der Waals surface area (Å²) >= 11 is 11.6. The summed E-state index contributed by atoms with van der Waals surface area (Å²) in [7, 11) is -3.70. The van der Waals surface area contributed by atoms with Crippen LogP contribution in [0.15, 0.2) is 53.4 Å². The van der Waals surface area contributed by atoms with Gasteiger partial charge in [-0.2, -0.15) is 0 Å². The molecular formula is C16H16Cl2N2O3S. The lowest BCUT2D eigenvalue weighted by Crippen LogP contribution is -2.35. The van der Waals surface area contributed by atoms with Crippen LogP contribution in [-0.4, -0.2) is 27.4 Å². The summed E-state index contributed by atoms with van der Waals surface area (Å²) in [5.41, 5.74) is 0.895. The van der Waals surface area contributed by atoms with Crippen LogP contribution in [0.1, 0.15) is 5.56 Å². The molecule has 24 heavy (non-hydrogen) atoms. The van der Waals surface area contributed by atoms with Gasteiger partial charge in [-0.15, -0.1) is 0 Å². The topological polar surface area (TPSA) is 75.3 Å². The summed E-state index contributed by atoms with van der Waals surface area (Å²) in [5.74, 6) is -0.171. The Morgan fingerprint density at radius 3 is 2.33 bits per heavy atom. The molecule has 0 unspecified atom stereocenters. The molecule has 2 aromatic rings. The maximum absolute atomic E-state index is 12.1. The second kappa shape index (κ2) is 8.48. The van der Waals surface area contributed by atoms with Gasteiger partial charge in [0, 0.05) is 13.1 Å². The minimum Gasteiger partial charge on any atom is -0.355 e. The van der Waals surface area contributed by atoms with Gasteiger partial charge in [0.05, 0.1) is 21.4 Å². The molecule has 0 saturated carbocycles. The van der Waals surface area contributed by atoms with Crippen LogP contribution in [0.4, 0.5) is 0 Å². The minimum absolute atomic E-state index is 0.0208. The largest absolute Gasteiger partial charge is 0.355 e. The van der Waals surface area contributed by atoms with E-state index < -0.39 is 10.0 Å². The van der Waals surface area contributed by atoms with Crippen molar-refractivity contribution in [3.63, 3.8) is 0 Å². The normalized spacial score (nSPS) is 11.2. The quantitative estimate of drug-likeness (QED) is 0.718. The van der Waals surface area contributed by atoms with E-state index in [9.17, 15) is 13.2 Å². The van der Waals surface area contributed by atoms with Crippen molar-refractivity contribution < 1.29 is 13.2 Å². The molecule has 0 heterocycles. The molecule has 1 amide bonds. The molecule has 0 aliphatic carbocycles. The smallest absolute Gasteiger partial charge is 0.240 e. The van der Waals surface area contributed by atoms with Gasteiger partial charge in [0.15, 0.2) is 0 Å². The van der Waals surface area contributed by atoms with Crippen molar-refractivity contribution in [2.24, 2.45) is 0 Å². The number of carbonyl (C=O) groups is 1. The van der Waals surface area contributed by atoms with Crippen LogP contribution in [0.5, 0.6) is 0 Å². The Labute approximate surface area is 151 Å². The number of sulfonamides is 1. The Morgan fingerprint density at radius 1 is 0.958 bits per heavy atom. The number of carbonyl (C=O) groups excluding carboxylic acids is 1. The SMILES string of the molecule is O=C(Cc1ccccc1)NCCNS(=O)(=O)c1ccc(Cl)c(Cl)c1. The van der Waals surface area contributed by atoms with Crippen molar-refractivity contribution in [2.75, 3.05) is 13.1 Å². The van der Waals surface area contributed by atoms with Crippen LogP contribution in [0.3, 0.4) is 0 Å². The number of hydrogen-bond donors (Lipinski definition) is 2. The van der Waals surface area contributed by atoms with Crippen molar-refractivity contribution in [3.05, 3.63) is 64.1 Å². The van der Waals surface area contributed by atoms with E-state index in [0.717, 1.165) is 5.56 Å². The van der Waals surface area contributed by atoms with Crippen LogP contribution in [0.2, 0.25) is 10.0 Å². The Bertz CT molecular complexity index is 811. The lowest BCUT2D eigenvalue weighted by Gasteiger charge is -2.09. The fourth-order valence-electron chi connectivity index (χ4n) is 1.96. The van der Waals surface area contributed by atoms with Crippen LogP contribution < -0.4 is 10.0 Å². The van der Waals surface area contributed by atoms with E-state index in [4.69, 9.17) is 23.2 Å². The Morgan fingerprint density at radius 2 is 1.67 bits per heavy atom. The van der Waals surface area contributed by atoms with E-state index >= 15 is 0 Å². The molecule has 2 N–H and O–H groups in total. The molecule has 0 aliphatic rings. The molecule has 0 atom stereocenters. The number of hydrogen-bond acceptors (Lipinski definition) is 3. The highest BCUT2D eigenvalue weighted by atomic mass is 35.5. The molecule has 128 valence electrons. The average Bonchev–Trinajstić information content (AvgIpc) is 2.55. The maximum Gasteiger partial charge on any atom is 0.240 e. The molecule has 8 heteroatoms. The zero-order valence-electron chi connectivity index (χ0n) is 12.6. The van der Waals surface area contributed by atoms with Gasteiger partial charge in [0.1, 0.15) is 0 Å². The van der Waals surface area contributed by atoms with E-state index in [1.807, 2.05) is 30.3 Å². The van der Waals surface area contributed by atoms with Crippen molar-refractivity contribution in [2.45, 2.75) is 11.3 Å². The van der Waals surface area contributed by atoms with Crippen molar-refractivity contribution in [1.29, 1.82) is 0 Å². The van der Waals surface area contributed by atoms with E-state index in [1.165, 1.54) is 18.2 Å². The summed E-state index contributed by atoms with van der Waals surface area (Å²) in [5, 5.41) is 3.11. The van der Waals surface area contributed by atoms with Crippen LogP contribution in [-0.2, 0) is 21.2 Å². The monoisotopic (exact) mass is 386 g/mol. The van der Waals surface area contributed by atoms with Gasteiger partial charge in [-0.3, -0.25) is 4.79 Å². The molecule has 0 bridgehead atoms. The number of halogens is 2. The summed E-state index contributed by atoms with van der Waals surface area (Å²) in [6.45, 7) is 0.259. The van der Waals surface area contributed by atoms with E-state index in [1.54, 1.807) is 0 Å². The summed E-state index contributed by atoms with van der Waals surface area (Å²) < 4.78 is 26.6. The predicted molar refractivity (Wildman–Crippen MR) is 94.8 cm³/mol. The Balaban J connectivity index is 1.80. The molecule has 2 aromatic carbocycles. The van der Waals surface area contributed by atoms with Gasteiger partial charge in [-0.25, -0.2) is 13.1 Å². The van der Waals surface area contributed by atoms with Crippen molar-refractivity contribution in [3.8, 4) is 0 Å². The first-order chi connectivity index (χ1) is 11.4. The fraction of sp³-hybridized carbons (Fsp3) is 0.188. The molecule has 0 saturated heterocycles. The fourth-order valence-corrected chi connectivity index (χ4v) is 3.38. The van der Waals surface area contributed by atoms with E-state index in [-0.39, 0.29) is 40.4 Å². The molecule has 0 spiro atoms. The lowest BCUT2D eigenvalue weighted by atomic mass is 10.1.